The van der Waals surface area contributed by atoms with Gasteiger partial charge in [0.05, 0.1) is 0 Å². The van der Waals surface area contributed by atoms with Crippen LogP contribution in [0.4, 0.5) is 0 Å². The Morgan fingerprint density at radius 2 is 1.64 bits per heavy atom. The highest BCUT2D eigenvalue weighted by Crippen LogP contribution is 2.24. The second-order valence-corrected chi connectivity index (χ2v) is 8.05. The van der Waals surface area contributed by atoms with Gasteiger partial charge in [-0.1, -0.05) is 20.8 Å². The van der Waals surface area contributed by atoms with E-state index in [0.29, 0.717) is 0 Å². The van der Waals surface area contributed by atoms with Crippen LogP contribution in [0.1, 0.15) is 47.5 Å². The highest BCUT2D eigenvalue weighted by molar-refractivity contribution is 5.84. The topological polar surface area (TPSA) is 37.3 Å². The van der Waals surface area contributed by atoms with Crippen LogP contribution in [0.2, 0.25) is 0 Å². The molecule has 1 amide bonds. The Morgan fingerprint density at radius 3 is 2.14 bits per heavy atom. The number of amides is 1. The standard InChI is InChI=1S/C18H31N3O/c1-17(2,3)15(14-20-10-6-7-11-20)19-16(22)18(4,5)21-12-8-9-13-21/h8-9,12-13,15H,6-7,10-11,14H2,1-5H3,(H,19,22)/t15-/m1/s1. The molecule has 124 valence electrons. The highest BCUT2D eigenvalue weighted by Gasteiger charge is 2.35. The number of aromatic nitrogens is 1. The number of nitrogens with one attached hydrogen (secondary N) is 1. The Bertz CT molecular complexity index is 479. The molecule has 1 fully saturated rings. The second-order valence-electron chi connectivity index (χ2n) is 8.05. The first kappa shape index (κ1) is 17.1. The van der Waals surface area contributed by atoms with Crippen LogP contribution in [0.25, 0.3) is 0 Å². The molecule has 2 heterocycles. The Morgan fingerprint density at radius 1 is 1.09 bits per heavy atom. The van der Waals surface area contributed by atoms with Gasteiger partial charge in [-0.2, -0.15) is 0 Å². The fraction of sp³-hybridized carbons (Fsp3) is 0.722. The summed E-state index contributed by atoms with van der Waals surface area (Å²) < 4.78 is 1.97. The quantitative estimate of drug-likeness (QED) is 0.908. The predicted octanol–water partition coefficient (Wildman–Crippen LogP) is 2.85. The van der Waals surface area contributed by atoms with Gasteiger partial charge in [-0.05, 0) is 57.3 Å². The first-order valence-corrected chi connectivity index (χ1v) is 8.38. The van der Waals surface area contributed by atoms with Crippen molar-refractivity contribution in [1.82, 2.24) is 14.8 Å². The van der Waals surface area contributed by atoms with Gasteiger partial charge in [-0.25, -0.2) is 0 Å². The average Bonchev–Trinajstić information content (AvgIpc) is 3.10. The first-order chi connectivity index (χ1) is 10.2. The Hall–Kier alpha value is -1.29. The van der Waals surface area contributed by atoms with E-state index in [1.54, 1.807) is 0 Å². The van der Waals surface area contributed by atoms with Gasteiger partial charge in [0.15, 0.2) is 0 Å². The zero-order valence-corrected chi connectivity index (χ0v) is 14.7. The molecule has 22 heavy (non-hydrogen) atoms. The van der Waals surface area contributed by atoms with Crippen LogP contribution < -0.4 is 5.32 Å². The molecule has 1 saturated heterocycles. The van der Waals surface area contributed by atoms with Gasteiger partial charge in [0.25, 0.3) is 0 Å². The van der Waals surface area contributed by atoms with E-state index >= 15 is 0 Å². The molecule has 0 saturated carbocycles. The van der Waals surface area contributed by atoms with Crippen LogP contribution in [0, 0.1) is 5.41 Å². The maximum atomic E-state index is 12.8. The fourth-order valence-electron chi connectivity index (χ4n) is 2.92. The van der Waals surface area contributed by atoms with E-state index in [0.717, 1.165) is 19.6 Å². The number of likely N-dealkylation sites (tertiary alicyclic amines) is 1. The third kappa shape index (κ3) is 3.92. The smallest absolute Gasteiger partial charge is 0.245 e. The molecule has 1 aromatic heterocycles. The van der Waals surface area contributed by atoms with Crippen molar-refractivity contribution in [2.24, 2.45) is 5.41 Å². The van der Waals surface area contributed by atoms with Gasteiger partial charge in [0, 0.05) is 25.0 Å². The molecular weight excluding hydrogens is 274 g/mol. The van der Waals surface area contributed by atoms with Crippen molar-refractivity contribution >= 4 is 5.91 Å². The average molecular weight is 305 g/mol. The molecule has 1 aromatic rings. The van der Waals surface area contributed by atoms with E-state index in [2.05, 4.69) is 31.0 Å². The van der Waals surface area contributed by atoms with Crippen LogP contribution >= 0.6 is 0 Å². The van der Waals surface area contributed by atoms with Gasteiger partial charge < -0.3 is 14.8 Å². The molecule has 1 atom stereocenters. The van der Waals surface area contributed by atoms with Gasteiger partial charge in [0.1, 0.15) is 5.54 Å². The van der Waals surface area contributed by atoms with E-state index in [-0.39, 0.29) is 17.4 Å². The van der Waals surface area contributed by atoms with Crippen molar-refractivity contribution in [3.8, 4) is 0 Å². The minimum Gasteiger partial charge on any atom is -0.350 e. The highest BCUT2D eigenvalue weighted by atomic mass is 16.2. The summed E-state index contributed by atoms with van der Waals surface area (Å²) in [4.78, 5) is 15.3. The molecular formula is C18H31N3O. The number of nitrogens with zero attached hydrogens (tertiary/aromatic N) is 2. The first-order valence-electron chi connectivity index (χ1n) is 8.38. The lowest BCUT2D eigenvalue weighted by Gasteiger charge is -2.37. The van der Waals surface area contributed by atoms with Crippen molar-refractivity contribution in [3.63, 3.8) is 0 Å². The fourth-order valence-corrected chi connectivity index (χ4v) is 2.92. The summed E-state index contributed by atoms with van der Waals surface area (Å²) in [6, 6.07) is 4.08. The minimum atomic E-state index is -0.571. The van der Waals surface area contributed by atoms with E-state index < -0.39 is 5.54 Å². The van der Waals surface area contributed by atoms with Crippen molar-refractivity contribution in [2.75, 3.05) is 19.6 Å². The molecule has 0 bridgehead atoms. The largest absolute Gasteiger partial charge is 0.350 e. The summed E-state index contributed by atoms with van der Waals surface area (Å²) in [6.07, 6.45) is 6.46. The predicted molar refractivity (Wildman–Crippen MR) is 90.8 cm³/mol. The van der Waals surface area contributed by atoms with Crippen molar-refractivity contribution in [1.29, 1.82) is 0 Å². The molecule has 0 aromatic carbocycles. The second kappa shape index (κ2) is 6.45. The summed E-state index contributed by atoms with van der Waals surface area (Å²) in [5, 5.41) is 3.31. The van der Waals surface area contributed by atoms with Crippen LogP contribution in [0.15, 0.2) is 24.5 Å². The summed E-state index contributed by atoms with van der Waals surface area (Å²) in [7, 11) is 0. The Labute approximate surface area is 134 Å². The molecule has 0 radical (unpaired) electrons. The zero-order valence-electron chi connectivity index (χ0n) is 14.7. The van der Waals surface area contributed by atoms with E-state index in [4.69, 9.17) is 0 Å². The monoisotopic (exact) mass is 305 g/mol. The van der Waals surface area contributed by atoms with Crippen LogP contribution in [-0.2, 0) is 10.3 Å². The molecule has 1 N–H and O–H groups in total. The van der Waals surface area contributed by atoms with Gasteiger partial charge >= 0.3 is 0 Å². The molecule has 1 aliphatic heterocycles. The number of rotatable bonds is 5. The summed E-state index contributed by atoms with van der Waals surface area (Å²) in [5.41, 5.74) is -0.525. The van der Waals surface area contributed by atoms with Crippen molar-refractivity contribution in [2.45, 2.75) is 59.0 Å². The number of hydrogen-bond acceptors (Lipinski definition) is 2. The van der Waals surface area contributed by atoms with E-state index in [1.165, 1.54) is 12.8 Å². The van der Waals surface area contributed by atoms with Crippen LogP contribution in [0.5, 0.6) is 0 Å². The summed E-state index contributed by atoms with van der Waals surface area (Å²) >= 11 is 0. The maximum absolute atomic E-state index is 12.8. The van der Waals surface area contributed by atoms with Gasteiger partial charge in [0.2, 0.25) is 5.91 Å². The molecule has 2 rings (SSSR count). The lowest BCUT2D eigenvalue weighted by Crippen LogP contribution is -2.55. The molecule has 1 aliphatic rings. The van der Waals surface area contributed by atoms with Crippen LogP contribution in [-0.4, -0.2) is 41.1 Å². The van der Waals surface area contributed by atoms with Crippen LogP contribution in [0.3, 0.4) is 0 Å². The SMILES string of the molecule is CC(C)(C)[C@@H](CN1CCCC1)NC(=O)C(C)(C)n1cccc1. The van der Waals surface area contributed by atoms with E-state index in [1.807, 2.05) is 42.9 Å². The number of hydrogen-bond donors (Lipinski definition) is 1. The molecule has 0 unspecified atom stereocenters. The third-order valence-electron chi connectivity index (χ3n) is 4.80. The zero-order chi connectivity index (χ0) is 16.4. The lowest BCUT2D eigenvalue weighted by molar-refractivity contribution is -0.130. The third-order valence-corrected chi connectivity index (χ3v) is 4.80. The molecule has 4 nitrogen and oxygen atoms in total. The molecule has 4 heteroatoms. The maximum Gasteiger partial charge on any atom is 0.245 e. The van der Waals surface area contributed by atoms with E-state index in [9.17, 15) is 4.79 Å². The number of carbonyl (C=O) groups is 1. The van der Waals surface area contributed by atoms with Gasteiger partial charge in [-0.15, -0.1) is 0 Å². The summed E-state index contributed by atoms with van der Waals surface area (Å²) in [5.74, 6) is 0.0859. The Kier molecular flexibility index (Phi) is 5.00. The molecule has 0 spiro atoms. The summed E-state index contributed by atoms with van der Waals surface area (Å²) in [6.45, 7) is 13.8. The normalized spacial score (nSPS) is 18.4. The van der Waals surface area contributed by atoms with Gasteiger partial charge in [-0.3, -0.25) is 4.79 Å². The Balaban J connectivity index is 2.07. The molecule has 0 aliphatic carbocycles. The van der Waals surface area contributed by atoms with Crippen molar-refractivity contribution < 1.29 is 4.79 Å². The lowest BCUT2D eigenvalue weighted by atomic mass is 9.85. The number of carbonyl (C=O) groups excluding carboxylic acids is 1. The minimum absolute atomic E-state index is 0.0466. The van der Waals surface area contributed by atoms with Crippen molar-refractivity contribution in [3.05, 3.63) is 24.5 Å².